The Hall–Kier alpha value is -2.68. The summed E-state index contributed by atoms with van der Waals surface area (Å²) in [4.78, 5) is 4.52. The molecule has 31 heavy (non-hydrogen) atoms. The molecule has 7 nitrogen and oxygen atoms in total. The van der Waals surface area contributed by atoms with Crippen molar-refractivity contribution in [3.8, 4) is 22.8 Å². The van der Waals surface area contributed by atoms with Crippen LogP contribution in [0.25, 0.3) is 22.8 Å². The Morgan fingerprint density at radius 1 is 1.03 bits per heavy atom. The smallest absolute Gasteiger partial charge is 0.237 e. The van der Waals surface area contributed by atoms with Crippen molar-refractivity contribution in [2.75, 3.05) is 13.7 Å². The number of benzene rings is 2. The predicted molar refractivity (Wildman–Crippen MR) is 121 cm³/mol. The summed E-state index contributed by atoms with van der Waals surface area (Å²) in [6, 6.07) is 15.7. The van der Waals surface area contributed by atoms with Gasteiger partial charge in [-0.15, -0.1) is 10.2 Å². The minimum atomic E-state index is 0.492. The maximum absolute atomic E-state index is 6.02. The van der Waals surface area contributed by atoms with Crippen LogP contribution in [0, 0.1) is 0 Å². The molecular weight excluding hydrogens is 434 g/mol. The summed E-state index contributed by atoms with van der Waals surface area (Å²) in [7, 11) is 1.67. The highest BCUT2D eigenvalue weighted by atomic mass is 35.5. The van der Waals surface area contributed by atoms with E-state index in [1.165, 1.54) is 17.3 Å². The molecule has 0 aliphatic rings. The topological polar surface area (TPSA) is 78.9 Å². The fourth-order valence-corrected chi connectivity index (χ4v) is 3.97. The first-order valence-corrected chi connectivity index (χ1v) is 11.3. The lowest BCUT2D eigenvalue weighted by atomic mass is 10.1. The number of hydrogen-bond acceptors (Lipinski definition) is 7. The molecule has 160 valence electrons. The SMILES string of the molecule is CCc1ccc(-c2noc(CSc3nnc(-c4ccc(Cl)cc4)n3CCOC)n2)cc1. The van der Waals surface area contributed by atoms with Gasteiger partial charge in [-0.25, -0.2) is 0 Å². The average molecular weight is 456 g/mol. The van der Waals surface area contributed by atoms with Crippen molar-refractivity contribution in [2.24, 2.45) is 0 Å². The summed E-state index contributed by atoms with van der Waals surface area (Å²) in [5, 5.41) is 14.3. The van der Waals surface area contributed by atoms with Crippen LogP contribution < -0.4 is 0 Å². The number of ether oxygens (including phenoxy) is 1. The average Bonchev–Trinajstić information content (AvgIpc) is 3.44. The van der Waals surface area contributed by atoms with Gasteiger partial charge < -0.3 is 9.26 Å². The van der Waals surface area contributed by atoms with E-state index >= 15 is 0 Å². The molecule has 0 saturated heterocycles. The molecule has 0 N–H and O–H groups in total. The molecule has 0 amide bonds. The number of aromatic nitrogens is 5. The zero-order chi connectivity index (χ0) is 21.6. The van der Waals surface area contributed by atoms with Gasteiger partial charge in [-0.1, -0.05) is 59.7 Å². The first-order chi connectivity index (χ1) is 15.2. The Kier molecular flexibility index (Phi) is 7.01. The third-order valence-electron chi connectivity index (χ3n) is 4.75. The van der Waals surface area contributed by atoms with Crippen molar-refractivity contribution in [1.29, 1.82) is 0 Å². The molecule has 0 radical (unpaired) electrons. The number of thioether (sulfide) groups is 1. The number of aryl methyl sites for hydroxylation is 1. The van der Waals surface area contributed by atoms with Gasteiger partial charge in [-0.05, 0) is 36.2 Å². The molecule has 0 aliphatic heterocycles. The molecule has 4 rings (SSSR count). The number of halogens is 1. The van der Waals surface area contributed by atoms with Crippen LogP contribution in [0.3, 0.4) is 0 Å². The largest absolute Gasteiger partial charge is 0.383 e. The lowest BCUT2D eigenvalue weighted by Gasteiger charge is -2.09. The Labute approximate surface area is 189 Å². The van der Waals surface area contributed by atoms with Crippen molar-refractivity contribution >= 4 is 23.4 Å². The Morgan fingerprint density at radius 2 is 1.77 bits per heavy atom. The molecule has 0 aliphatic carbocycles. The zero-order valence-corrected chi connectivity index (χ0v) is 18.9. The normalized spacial score (nSPS) is 11.2. The van der Waals surface area contributed by atoms with Crippen molar-refractivity contribution < 1.29 is 9.26 Å². The molecule has 0 unspecified atom stereocenters. The maximum atomic E-state index is 6.02. The molecular formula is C22H22ClN5O2S. The number of nitrogens with zero attached hydrogens (tertiary/aromatic N) is 5. The molecule has 0 spiro atoms. The van der Waals surface area contributed by atoms with Gasteiger partial charge in [0.1, 0.15) is 0 Å². The van der Waals surface area contributed by atoms with Crippen LogP contribution in [0.5, 0.6) is 0 Å². The third kappa shape index (κ3) is 5.15. The molecule has 0 atom stereocenters. The third-order valence-corrected chi connectivity index (χ3v) is 5.95. The van der Waals surface area contributed by atoms with E-state index in [1.54, 1.807) is 7.11 Å². The van der Waals surface area contributed by atoms with E-state index < -0.39 is 0 Å². The van der Waals surface area contributed by atoms with E-state index in [1.807, 2.05) is 41.0 Å². The Balaban J connectivity index is 1.50. The van der Waals surface area contributed by atoms with E-state index in [4.69, 9.17) is 20.9 Å². The van der Waals surface area contributed by atoms with Gasteiger partial charge in [-0.3, -0.25) is 4.57 Å². The number of hydrogen-bond donors (Lipinski definition) is 0. The second kappa shape index (κ2) is 10.1. The molecule has 4 aromatic rings. The van der Waals surface area contributed by atoms with Gasteiger partial charge in [0.25, 0.3) is 0 Å². The minimum absolute atomic E-state index is 0.492. The second-order valence-corrected chi connectivity index (χ2v) is 8.19. The van der Waals surface area contributed by atoms with E-state index in [2.05, 4.69) is 39.4 Å². The van der Waals surface area contributed by atoms with Crippen molar-refractivity contribution in [3.05, 3.63) is 65.0 Å². The highest BCUT2D eigenvalue weighted by Crippen LogP contribution is 2.27. The standard InChI is InChI=1S/C22H22ClN5O2S/c1-3-15-4-6-16(7-5-15)20-24-19(30-27-20)14-31-22-26-25-21(28(22)12-13-29-2)17-8-10-18(23)11-9-17/h4-11H,3,12-14H2,1-2H3. The van der Waals surface area contributed by atoms with E-state index in [9.17, 15) is 0 Å². The van der Waals surface area contributed by atoms with Crippen LogP contribution in [0.1, 0.15) is 18.4 Å². The molecule has 0 bridgehead atoms. The Morgan fingerprint density at radius 3 is 2.48 bits per heavy atom. The molecule has 2 heterocycles. The first kappa shape index (κ1) is 21.5. The number of methoxy groups -OCH3 is 1. The van der Waals surface area contributed by atoms with Crippen LogP contribution >= 0.6 is 23.4 Å². The van der Waals surface area contributed by atoms with Gasteiger partial charge in [0, 0.05) is 23.3 Å². The molecule has 2 aromatic heterocycles. The molecule has 2 aromatic carbocycles. The zero-order valence-electron chi connectivity index (χ0n) is 17.3. The van der Waals surface area contributed by atoms with Crippen LogP contribution in [-0.2, 0) is 23.5 Å². The van der Waals surface area contributed by atoms with Gasteiger partial charge in [0.15, 0.2) is 11.0 Å². The van der Waals surface area contributed by atoms with Crippen molar-refractivity contribution in [2.45, 2.75) is 30.8 Å². The Bertz CT molecular complexity index is 1130. The second-order valence-electron chi connectivity index (χ2n) is 6.81. The van der Waals surface area contributed by atoms with Gasteiger partial charge >= 0.3 is 0 Å². The fraction of sp³-hybridized carbons (Fsp3) is 0.273. The van der Waals surface area contributed by atoms with Crippen LogP contribution in [0.2, 0.25) is 5.02 Å². The fourth-order valence-electron chi connectivity index (χ4n) is 3.04. The van der Waals surface area contributed by atoms with Gasteiger partial charge in [-0.2, -0.15) is 4.98 Å². The van der Waals surface area contributed by atoms with Gasteiger partial charge in [0.2, 0.25) is 11.7 Å². The van der Waals surface area contributed by atoms with E-state index in [0.717, 1.165) is 28.5 Å². The molecule has 9 heteroatoms. The number of rotatable bonds is 9. The van der Waals surface area contributed by atoms with Crippen molar-refractivity contribution in [1.82, 2.24) is 24.9 Å². The summed E-state index contributed by atoms with van der Waals surface area (Å²) >= 11 is 7.51. The highest BCUT2D eigenvalue weighted by molar-refractivity contribution is 7.98. The van der Waals surface area contributed by atoms with E-state index in [-0.39, 0.29) is 0 Å². The predicted octanol–water partition coefficient (Wildman–Crippen LogP) is 5.15. The highest BCUT2D eigenvalue weighted by Gasteiger charge is 2.16. The summed E-state index contributed by atoms with van der Waals surface area (Å²) < 4.78 is 12.7. The van der Waals surface area contributed by atoms with Crippen LogP contribution in [0.4, 0.5) is 0 Å². The van der Waals surface area contributed by atoms with Gasteiger partial charge in [0.05, 0.1) is 18.9 Å². The van der Waals surface area contributed by atoms with E-state index in [0.29, 0.717) is 35.6 Å². The molecule has 0 saturated carbocycles. The maximum Gasteiger partial charge on any atom is 0.237 e. The quantitative estimate of drug-likeness (QED) is 0.323. The first-order valence-electron chi connectivity index (χ1n) is 9.90. The lowest BCUT2D eigenvalue weighted by molar-refractivity contribution is 0.185. The summed E-state index contributed by atoms with van der Waals surface area (Å²) in [6.07, 6.45) is 0.996. The minimum Gasteiger partial charge on any atom is -0.383 e. The van der Waals surface area contributed by atoms with Crippen molar-refractivity contribution in [3.63, 3.8) is 0 Å². The van der Waals surface area contributed by atoms with Crippen LogP contribution in [0.15, 0.2) is 58.2 Å². The summed E-state index contributed by atoms with van der Waals surface area (Å²) in [5.74, 6) is 2.37. The monoisotopic (exact) mass is 455 g/mol. The summed E-state index contributed by atoms with van der Waals surface area (Å²) in [6.45, 7) is 3.30. The summed E-state index contributed by atoms with van der Waals surface area (Å²) in [5.41, 5.74) is 3.15. The molecule has 0 fully saturated rings. The van der Waals surface area contributed by atoms with Crippen LogP contribution in [-0.4, -0.2) is 38.6 Å². The lowest BCUT2D eigenvalue weighted by Crippen LogP contribution is -2.07.